The van der Waals surface area contributed by atoms with Crippen molar-refractivity contribution in [2.45, 2.75) is 0 Å². The van der Waals surface area contributed by atoms with E-state index in [4.69, 9.17) is 5.11 Å². The van der Waals surface area contributed by atoms with Crippen molar-refractivity contribution in [3.63, 3.8) is 0 Å². The topological polar surface area (TPSA) is 74.2 Å². The van der Waals surface area contributed by atoms with Gasteiger partial charge in [-0.3, -0.25) is 0 Å². The molecule has 0 fully saturated rings. The molecule has 0 radical (unpaired) electrons. The summed E-state index contributed by atoms with van der Waals surface area (Å²) in [5, 5.41) is 8.78. The van der Waals surface area contributed by atoms with Gasteiger partial charge >= 0.3 is 5.97 Å². The summed E-state index contributed by atoms with van der Waals surface area (Å²) in [4.78, 5) is 28.9. The summed E-state index contributed by atoms with van der Waals surface area (Å²) in [6.45, 7) is 0. The SMILES string of the molecule is COOc1cc(OOC)cc(C(=O)O)c1. The lowest BCUT2D eigenvalue weighted by atomic mass is 10.2. The fraction of sp³-hybridized carbons (Fsp3) is 0.222. The van der Waals surface area contributed by atoms with Crippen LogP contribution in [0.1, 0.15) is 10.4 Å². The molecular weight excluding hydrogens is 204 g/mol. The lowest BCUT2D eigenvalue weighted by Gasteiger charge is -2.05. The molecule has 0 aliphatic rings. The fourth-order valence-electron chi connectivity index (χ4n) is 0.984. The minimum atomic E-state index is -1.10. The Balaban J connectivity index is 3.02. The lowest BCUT2D eigenvalue weighted by molar-refractivity contribution is -0.184. The van der Waals surface area contributed by atoms with Crippen LogP contribution in [0.15, 0.2) is 18.2 Å². The minimum Gasteiger partial charge on any atom is -0.478 e. The summed E-state index contributed by atoms with van der Waals surface area (Å²) in [5.41, 5.74) is 0.0107. The molecule has 1 N–H and O–H groups in total. The van der Waals surface area contributed by atoms with Crippen LogP contribution in [0.2, 0.25) is 0 Å². The minimum absolute atomic E-state index is 0.0107. The van der Waals surface area contributed by atoms with Crippen molar-refractivity contribution in [3.05, 3.63) is 23.8 Å². The Morgan fingerprint density at radius 3 is 1.87 bits per heavy atom. The van der Waals surface area contributed by atoms with Gasteiger partial charge in [0.25, 0.3) is 0 Å². The standard InChI is InChI=1S/C9H10O6/c1-12-14-7-3-6(9(10)11)4-8(5-7)15-13-2/h3-5H,1-2H3,(H,10,11). The molecule has 0 saturated carbocycles. The highest BCUT2D eigenvalue weighted by Gasteiger charge is 2.09. The zero-order valence-corrected chi connectivity index (χ0v) is 8.22. The van der Waals surface area contributed by atoms with Crippen LogP contribution < -0.4 is 9.78 Å². The van der Waals surface area contributed by atoms with Gasteiger partial charge in [-0.25, -0.2) is 4.79 Å². The molecule has 1 aromatic rings. The average Bonchev–Trinajstić information content (AvgIpc) is 2.18. The van der Waals surface area contributed by atoms with E-state index in [1.165, 1.54) is 32.4 Å². The first-order valence-corrected chi connectivity index (χ1v) is 3.97. The highest BCUT2D eigenvalue weighted by atomic mass is 17.2. The Kier molecular flexibility index (Phi) is 3.90. The Bertz CT molecular complexity index is 324. The fourth-order valence-corrected chi connectivity index (χ4v) is 0.984. The van der Waals surface area contributed by atoms with Gasteiger partial charge < -0.3 is 14.9 Å². The molecule has 82 valence electrons. The summed E-state index contributed by atoms with van der Waals surface area (Å²) in [5.74, 6) is -0.675. The summed E-state index contributed by atoms with van der Waals surface area (Å²) in [6.07, 6.45) is 0. The zero-order valence-electron chi connectivity index (χ0n) is 8.22. The van der Waals surface area contributed by atoms with Gasteiger partial charge in [0.1, 0.15) is 0 Å². The number of carboxylic acids is 1. The van der Waals surface area contributed by atoms with Gasteiger partial charge in [-0.1, -0.05) is 0 Å². The summed E-state index contributed by atoms with van der Waals surface area (Å²) in [7, 11) is 2.62. The Hall–Kier alpha value is -1.79. The van der Waals surface area contributed by atoms with Crippen molar-refractivity contribution in [2.75, 3.05) is 14.2 Å². The molecule has 0 amide bonds. The van der Waals surface area contributed by atoms with Crippen molar-refractivity contribution in [1.82, 2.24) is 0 Å². The molecule has 0 saturated heterocycles. The third kappa shape index (κ3) is 3.12. The number of carbonyl (C=O) groups is 1. The van der Waals surface area contributed by atoms with Gasteiger partial charge in [0, 0.05) is 6.07 Å². The van der Waals surface area contributed by atoms with Crippen LogP contribution in [-0.2, 0) is 9.78 Å². The predicted octanol–water partition coefficient (Wildman–Crippen LogP) is 1.27. The smallest absolute Gasteiger partial charge is 0.335 e. The highest BCUT2D eigenvalue weighted by Crippen LogP contribution is 2.23. The lowest BCUT2D eigenvalue weighted by Crippen LogP contribution is -2.00. The third-order valence-corrected chi connectivity index (χ3v) is 1.49. The second-order valence-electron chi connectivity index (χ2n) is 2.50. The van der Waals surface area contributed by atoms with Crippen LogP contribution in [0.4, 0.5) is 0 Å². The maximum atomic E-state index is 10.7. The van der Waals surface area contributed by atoms with Gasteiger partial charge in [0.2, 0.25) is 0 Å². The van der Waals surface area contributed by atoms with Crippen LogP contribution in [0.25, 0.3) is 0 Å². The van der Waals surface area contributed by atoms with Crippen LogP contribution in [0, 0.1) is 0 Å². The first kappa shape index (κ1) is 11.3. The van der Waals surface area contributed by atoms with Crippen LogP contribution in [0.5, 0.6) is 11.5 Å². The van der Waals surface area contributed by atoms with E-state index in [-0.39, 0.29) is 17.1 Å². The number of hydrogen-bond donors (Lipinski definition) is 1. The molecule has 1 aromatic carbocycles. The van der Waals surface area contributed by atoms with Gasteiger partial charge in [0.05, 0.1) is 19.8 Å². The molecule has 6 nitrogen and oxygen atoms in total. The second kappa shape index (κ2) is 5.18. The summed E-state index contributed by atoms with van der Waals surface area (Å²) < 4.78 is 0. The molecule has 0 aliphatic heterocycles. The van der Waals surface area contributed by atoms with E-state index < -0.39 is 5.97 Å². The highest BCUT2D eigenvalue weighted by molar-refractivity contribution is 5.88. The molecule has 0 bridgehead atoms. The van der Waals surface area contributed by atoms with Crippen molar-refractivity contribution in [2.24, 2.45) is 0 Å². The molecule has 1 rings (SSSR count). The van der Waals surface area contributed by atoms with E-state index in [0.717, 1.165) is 0 Å². The molecule has 0 aromatic heterocycles. The molecule has 0 atom stereocenters. The van der Waals surface area contributed by atoms with Crippen LogP contribution in [-0.4, -0.2) is 25.3 Å². The van der Waals surface area contributed by atoms with Crippen molar-refractivity contribution in [1.29, 1.82) is 0 Å². The third-order valence-electron chi connectivity index (χ3n) is 1.49. The monoisotopic (exact) mass is 214 g/mol. The first-order valence-electron chi connectivity index (χ1n) is 3.97. The van der Waals surface area contributed by atoms with E-state index >= 15 is 0 Å². The summed E-state index contributed by atoms with van der Waals surface area (Å²) in [6, 6.07) is 4.03. The second-order valence-corrected chi connectivity index (χ2v) is 2.50. The number of benzene rings is 1. The van der Waals surface area contributed by atoms with E-state index in [1.807, 2.05) is 0 Å². The molecule has 0 heterocycles. The summed E-state index contributed by atoms with van der Waals surface area (Å²) >= 11 is 0. The molecule has 0 unspecified atom stereocenters. The largest absolute Gasteiger partial charge is 0.478 e. The van der Waals surface area contributed by atoms with Gasteiger partial charge in [-0.05, 0) is 12.1 Å². The maximum Gasteiger partial charge on any atom is 0.335 e. The van der Waals surface area contributed by atoms with E-state index in [0.29, 0.717) is 0 Å². The molecular formula is C9H10O6. The zero-order chi connectivity index (χ0) is 11.3. The Labute approximate surface area is 85.8 Å². The van der Waals surface area contributed by atoms with Gasteiger partial charge in [-0.2, -0.15) is 9.78 Å². The average molecular weight is 214 g/mol. The van der Waals surface area contributed by atoms with Crippen molar-refractivity contribution in [3.8, 4) is 11.5 Å². The molecule has 6 heteroatoms. The van der Waals surface area contributed by atoms with Crippen LogP contribution >= 0.6 is 0 Å². The first-order chi connectivity index (χ1) is 7.17. The van der Waals surface area contributed by atoms with Crippen molar-refractivity contribution < 1.29 is 29.5 Å². The Morgan fingerprint density at radius 1 is 1.07 bits per heavy atom. The van der Waals surface area contributed by atoms with E-state index in [9.17, 15) is 4.79 Å². The molecule has 0 aliphatic carbocycles. The number of carboxylic acid groups (broad SMARTS) is 1. The molecule has 15 heavy (non-hydrogen) atoms. The van der Waals surface area contributed by atoms with E-state index in [2.05, 4.69) is 19.6 Å². The quantitative estimate of drug-likeness (QED) is 0.587. The molecule has 0 spiro atoms. The predicted molar refractivity (Wildman–Crippen MR) is 48.7 cm³/mol. The Morgan fingerprint density at radius 2 is 1.53 bits per heavy atom. The number of rotatable bonds is 5. The van der Waals surface area contributed by atoms with Gasteiger partial charge in [0.15, 0.2) is 11.5 Å². The van der Waals surface area contributed by atoms with Crippen molar-refractivity contribution >= 4 is 5.97 Å². The van der Waals surface area contributed by atoms with E-state index in [1.54, 1.807) is 0 Å². The number of hydrogen-bond acceptors (Lipinski definition) is 5. The maximum absolute atomic E-state index is 10.7. The van der Waals surface area contributed by atoms with Crippen LogP contribution in [0.3, 0.4) is 0 Å². The normalized spacial score (nSPS) is 9.73. The number of aromatic carboxylic acids is 1. The van der Waals surface area contributed by atoms with Gasteiger partial charge in [-0.15, -0.1) is 0 Å².